The Hall–Kier alpha value is -0.290. The van der Waals surface area contributed by atoms with E-state index in [4.69, 9.17) is 4.74 Å². The largest absolute Gasteiger partial charge is 0.391 e. The van der Waals surface area contributed by atoms with Gasteiger partial charge >= 0.3 is 6.18 Å². The van der Waals surface area contributed by atoms with Crippen LogP contribution in [0.2, 0.25) is 0 Å². The summed E-state index contributed by atoms with van der Waals surface area (Å²) in [5, 5.41) is 3.31. The molecule has 1 saturated heterocycles. The third-order valence-electron chi connectivity index (χ3n) is 5.03. The number of alkyl halides is 3. The lowest BCUT2D eigenvalue weighted by molar-refractivity contribution is -0.233. The monoisotopic (exact) mass is 263 g/mol. The number of halogens is 3. The molecule has 1 N–H and O–H groups in total. The van der Waals surface area contributed by atoms with Crippen molar-refractivity contribution in [1.82, 2.24) is 5.32 Å². The van der Waals surface area contributed by atoms with Gasteiger partial charge in [-0.25, -0.2) is 0 Å². The molecule has 2 aliphatic carbocycles. The molecule has 2 unspecified atom stereocenters. The minimum absolute atomic E-state index is 0.0899. The summed E-state index contributed by atoms with van der Waals surface area (Å²) in [5.41, 5.74) is -0.463. The van der Waals surface area contributed by atoms with Crippen molar-refractivity contribution in [3.05, 3.63) is 0 Å². The molecule has 2 saturated carbocycles. The van der Waals surface area contributed by atoms with Crippen molar-refractivity contribution in [2.45, 2.75) is 56.8 Å². The number of ether oxygens (including phenoxy) is 1. The summed E-state index contributed by atoms with van der Waals surface area (Å²) in [5.74, 6) is -1.20. The number of rotatable bonds is 0. The fourth-order valence-electron chi connectivity index (χ4n) is 3.55. The molecule has 1 aliphatic heterocycles. The molecule has 3 rings (SSSR count). The Morgan fingerprint density at radius 3 is 2.39 bits per heavy atom. The van der Waals surface area contributed by atoms with Crippen LogP contribution in [0.15, 0.2) is 0 Å². The van der Waals surface area contributed by atoms with Gasteiger partial charge in [-0.2, -0.15) is 13.2 Å². The van der Waals surface area contributed by atoms with Crippen molar-refractivity contribution in [2.75, 3.05) is 13.2 Å². The second-order valence-electron chi connectivity index (χ2n) is 6.32. The van der Waals surface area contributed by atoms with Gasteiger partial charge in [0.05, 0.1) is 12.5 Å². The Bertz CT molecular complexity index is 315. The molecule has 104 valence electrons. The highest BCUT2D eigenvalue weighted by Gasteiger charge is 2.52. The van der Waals surface area contributed by atoms with Gasteiger partial charge in [0, 0.05) is 18.4 Å². The summed E-state index contributed by atoms with van der Waals surface area (Å²) in [4.78, 5) is 0. The van der Waals surface area contributed by atoms with Crippen molar-refractivity contribution in [2.24, 2.45) is 11.3 Å². The average Bonchev–Trinajstić information content (AvgIpc) is 2.27. The molecule has 0 aromatic heterocycles. The molecular weight excluding hydrogens is 243 g/mol. The van der Waals surface area contributed by atoms with Gasteiger partial charge < -0.3 is 4.74 Å². The maximum Gasteiger partial charge on any atom is 0.391 e. The molecule has 2 spiro atoms. The van der Waals surface area contributed by atoms with Crippen LogP contribution in [0.4, 0.5) is 13.2 Å². The Balaban J connectivity index is 1.65. The first-order chi connectivity index (χ1) is 8.43. The van der Waals surface area contributed by atoms with Crippen molar-refractivity contribution < 1.29 is 17.9 Å². The summed E-state index contributed by atoms with van der Waals surface area (Å²) in [6.07, 6.45) is 1.11. The fraction of sp³-hybridized carbons (Fsp3) is 1.00. The minimum atomic E-state index is -4.08. The van der Waals surface area contributed by atoms with Gasteiger partial charge in [-0.15, -0.1) is 0 Å². The molecular formula is C13H20F3NO. The molecule has 0 amide bonds. The first-order valence-electron chi connectivity index (χ1n) is 6.89. The van der Waals surface area contributed by atoms with E-state index in [-0.39, 0.29) is 18.3 Å². The highest BCUT2D eigenvalue weighted by molar-refractivity contribution is 4.99. The molecule has 5 heteroatoms. The van der Waals surface area contributed by atoms with E-state index in [0.29, 0.717) is 13.0 Å². The third kappa shape index (κ3) is 2.16. The SMILES string of the molecule is FC(F)(F)C1CCCC2(C1)NCC1(CCC1)CO2. The van der Waals surface area contributed by atoms with Crippen molar-refractivity contribution >= 4 is 0 Å². The second-order valence-corrected chi connectivity index (χ2v) is 6.32. The van der Waals surface area contributed by atoms with Crippen LogP contribution >= 0.6 is 0 Å². The molecule has 0 bridgehead atoms. The Kier molecular flexibility index (Phi) is 2.90. The first kappa shape index (κ1) is 12.7. The van der Waals surface area contributed by atoms with Crippen LogP contribution in [0.5, 0.6) is 0 Å². The Morgan fingerprint density at radius 2 is 1.89 bits per heavy atom. The van der Waals surface area contributed by atoms with E-state index in [1.807, 2.05) is 0 Å². The van der Waals surface area contributed by atoms with Crippen LogP contribution in [-0.4, -0.2) is 25.1 Å². The van der Waals surface area contributed by atoms with Gasteiger partial charge in [0.2, 0.25) is 0 Å². The zero-order valence-corrected chi connectivity index (χ0v) is 10.5. The van der Waals surface area contributed by atoms with E-state index < -0.39 is 17.8 Å². The molecule has 2 atom stereocenters. The zero-order valence-electron chi connectivity index (χ0n) is 10.5. The topological polar surface area (TPSA) is 21.3 Å². The zero-order chi connectivity index (χ0) is 12.9. The van der Waals surface area contributed by atoms with Gasteiger partial charge in [-0.3, -0.25) is 5.32 Å². The van der Waals surface area contributed by atoms with Crippen LogP contribution in [0.25, 0.3) is 0 Å². The van der Waals surface area contributed by atoms with Crippen LogP contribution in [-0.2, 0) is 4.74 Å². The molecule has 2 nitrogen and oxygen atoms in total. The summed E-state index contributed by atoms with van der Waals surface area (Å²) in [6, 6.07) is 0. The minimum Gasteiger partial charge on any atom is -0.360 e. The van der Waals surface area contributed by atoms with Gasteiger partial charge in [0.15, 0.2) is 0 Å². The lowest BCUT2D eigenvalue weighted by Crippen LogP contribution is -2.62. The molecule has 3 fully saturated rings. The maximum absolute atomic E-state index is 12.8. The van der Waals surface area contributed by atoms with Crippen LogP contribution in [0.3, 0.4) is 0 Å². The van der Waals surface area contributed by atoms with E-state index in [9.17, 15) is 13.2 Å². The third-order valence-corrected chi connectivity index (χ3v) is 5.03. The lowest BCUT2D eigenvalue weighted by Gasteiger charge is -2.53. The highest BCUT2D eigenvalue weighted by Crippen LogP contribution is 2.48. The van der Waals surface area contributed by atoms with E-state index >= 15 is 0 Å². The quantitative estimate of drug-likeness (QED) is 0.724. The van der Waals surface area contributed by atoms with E-state index in [2.05, 4.69) is 5.32 Å². The van der Waals surface area contributed by atoms with Crippen molar-refractivity contribution in [1.29, 1.82) is 0 Å². The van der Waals surface area contributed by atoms with E-state index in [0.717, 1.165) is 25.8 Å². The van der Waals surface area contributed by atoms with Crippen molar-refractivity contribution in [3.8, 4) is 0 Å². The summed E-state index contributed by atoms with van der Waals surface area (Å²) >= 11 is 0. The van der Waals surface area contributed by atoms with Gasteiger partial charge in [-0.05, 0) is 32.1 Å². The number of hydrogen-bond acceptors (Lipinski definition) is 2. The van der Waals surface area contributed by atoms with E-state index in [1.54, 1.807) is 0 Å². The fourth-order valence-corrected chi connectivity index (χ4v) is 3.55. The van der Waals surface area contributed by atoms with Crippen LogP contribution in [0, 0.1) is 11.3 Å². The maximum atomic E-state index is 12.8. The summed E-state index contributed by atoms with van der Waals surface area (Å²) in [6.45, 7) is 1.47. The average molecular weight is 263 g/mol. The second kappa shape index (κ2) is 4.10. The predicted octanol–water partition coefficient (Wildman–Crippen LogP) is 3.23. The Morgan fingerprint density at radius 1 is 1.11 bits per heavy atom. The predicted molar refractivity (Wildman–Crippen MR) is 61.0 cm³/mol. The summed E-state index contributed by atoms with van der Waals surface area (Å²) in [7, 11) is 0. The lowest BCUT2D eigenvalue weighted by atomic mass is 9.67. The smallest absolute Gasteiger partial charge is 0.360 e. The van der Waals surface area contributed by atoms with Gasteiger partial charge in [0.1, 0.15) is 5.72 Å². The number of hydrogen-bond donors (Lipinski definition) is 1. The molecule has 1 heterocycles. The van der Waals surface area contributed by atoms with Crippen LogP contribution < -0.4 is 5.32 Å². The van der Waals surface area contributed by atoms with Crippen LogP contribution in [0.1, 0.15) is 44.9 Å². The molecule has 0 aromatic carbocycles. The first-order valence-corrected chi connectivity index (χ1v) is 6.89. The number of nitrogens with one attached hydrogen (secondary N) is 1. The molecule has 3 aliphatic rings. The summed E-state index contributed by atoms with van der Waals surface area (Å²) < 4.78 is 44.4. The van der Waals surface area contributed by atoms with E-state index in [1.165, 1.54) is 6.42 Å². The van der Waals surface area contributed by atoms with Gasteiger partial charge in [-0.1, -0.05) is 6.42 Å². The molecule has 0 radical (unpaired) electrons. The standard InChI is InChI=1S/C13H20F3NO/c14-13(15,16)10-3-1-6-12(7-10)17-8-11(9-18-12)4-2-5-11/h10,17H,1-9H2. The molecule has 0 aromatic rings. The Labute approximate surface area is 105 Å². The van der Waals surface area contributed by atoms with Crippen molar-refractivity contribution in [3.63, 3.8) is 0 Å². The molecule has 18 heavy (non-hydrogen) atoms. The normalized spacial score (nSPS) is 39.8. The van der Waals surface area contributed by atoms with Gasteiger partial charge in [0.25, 0.3) is 0 Å². The highest BCUT2D eigenvalue weighted by atomic mass is 19.4.